The third-order valence-corrected chi connectivity index (χ3v) is 3.95. The smallest absolute Gasteiger partial charge is 0.177 e. The van der Waals surface area contributed by atoms with Gasteiger partial charge >= 0.3 is 0 Å². The lowest BCUT2D eigenvalue weighted by molar-refractivity contribution is 0.328. The lowest BCUT2D eigenvalue weighted by atomic mass is 9.96. The Morgan fingerprint density at radius 2 is 2.24 bits per heavy atom. The van der Waals surface area contributed by atoms with Gasteiger partial charge in [-0.05, 0) is 18.9 Å². The van der Waals surface area contributed by atoms with E-state index < -0.39 is 0 Å². The van der Waals surface area contributed by atoms with Gasteiger partial charge in [0.2, 0.25) is 0 Å². The number of hydrogen-bond donors (Lipinski definition) is 2. The van der Waals surface area contributed by atoms with Crippen LogP contribution >= 0.6 is 11.8 Å². The summed E-state index contributed by atoms with van der Waals surface area (Å²) in [6, 6.07) is 2.63. The molecule has 1 saturated carbocycles. The third kappa shape index (κ3) is 3.39. The molecular formula is C11H19N5S. The highest BCUT2D eigenvalue weighted by molar-refractivity contribution is 8.13. The maximum atomic E-state index is 5.52. The Morgan fingerprint density at radius 3 is 2.94 bits per heavy atom. The first kappa shape index (κ1) is 12.3. The Morgan fingerprint density at radius 1 is 1.47 bits per heavy atom. The van der Waals surface area contributed by atoms with E-state index in [1.165, 1.54) is 43.9 Å². The predicted molar refractivity (Wildman–Crippen MR) is 71.5 cm³/mol. The Hall–Kier alpha value is -1.17. The second-order valence-electron chi connectivity index (χ2n) is 4.33. The van der Waals surface area contributed by atoms with Crippen molar-refractivity contribution in [3.63, 3.8) is 0 Å². The minimum Gasteiger partial charge on any atom is -0.377 e. The van der Waals surface area contributed by atoms with Crippen LogP contribution in [-0.4, -0.2) is 14.9 Å². The molecule has 1 heterocycles. The fourth-order valence-electron chi connectivity index (χ4n) is 2.19. The number of amidine groups is 1. The summed E-state index contributed by atoms with van der Waals surface area (Å²) in [6.07, 6.45) is 8.58. The molecule has 0 spiro atoms. The molecular weight excluding hydrogens is 234 g/mol. The highest BCUT2D eigenvalue weighted by Crippen LogP contribution is 2.27. The van der Waals surface area contributed by atoms with Gasteiger partial charge in [-0.15, -0.1) is 0 Å². The maximum Gasteiger partial charge on any atom is 0.177 e. The largest absolute Gasteiger partial charge is 0.377 e. The van der Waals surface area contributed by atoms with Crippen LogP contribution in [0.2, 0.25) is 0 Å². The Bertz CT molecular complexity index is 381. The standard InChI is InChI=1S/C11H19N5S/c12-11(14-13)17-8-9-6-7-16(15-9)10-4-2-1-3-5-10/h6-7,10H,1-5,8,13H2,(H2,12,14). The number of nitrogens with two attached hydrogens (primary N) is 2. The molecule has 0 unspecified atom stereocenters. The van der Waals surface area contributed by atoms with Crippen LogP contribution < -0.4 is 11.6 Å². The molecule has 2 rings (SSSR count). The second-order valence-corrected chi connectivity index (χ2v) is 5.33. The predicted octanol–water partition coefficient (Wildman–Crippen LogP) is 1.81. The lowest BCUT2D eigenvalue weighted by Gasteiger charge is -2.21. The van der Waals surface area contributed by atoms with Crippen molar-refractivity contribution in [1.29, 1.82) is 0 Å². The van der Waals surface area contributed by atoms with E-state index in [-0.39, 0.29) is 0 Å². The van der Waals surface area contributed by atoms with Crippen LogP contribution in [-0.2, 0) is 5.75 Å². The summed E-state index contributed by atoms with van der Waals surface area (Å²) in [4.78, 5) is 0. The summed E-state index contributed by atoms with van der Waals surface area (Å²) in [6.45, 7) is 0. The summed E-state index contributed by atoms with van der Waals surface area (Å²) in [5, 5.41) is 8.41. The van der Waals surface area contributed by atoms with Crippen molar-refractivity contribution in [3.8, 4) is 0 Å². The molecule has 1 aliphatic rings. The van der Waals surface area contributed by atoms with Crippen molar-refractivity contribution in [2.75, 3.05) is 0 Å². The van der Waals surface area contributed by atoms with Crippen molar-refractivity contribution in [2.45, 2.75) is 43.9 Å². The minimum atomic E-state index is 0.400. The van der Waals surface area contributed by atoms with Gasteiger partial charge in [0.1, 0.15) is 0 Å². The van der Waals surface area contributed by atoms with E-state index in [0.29, 0.717) is 11.2 Å². The molecule has 0 aliphatic heterocycles. The molecule has 0 radical (unpaired) electrons. The van der Waals surface area contributed by atoms with E-state index in [1.807, 2.05) is 6.07 Å². The number of thioether (sulfide) groups is 1. The maximum absolute atomic E-state index is 5.52. The van der Waals surface area contributed by atoms with Crippen molar-refractivity contribution in [1.82, 2.24) is 9.78 Å². The number of aromatic nitrogens is 2. The van der Waals surface area contributed by atoms with Crippen molar-refractivity contribution in [3.05, 3.63) is 18.0 Å². The van der Waals surface area contributed by atoms with Crippen LogP contribution in [0.3, 0.4) is 0 Å². The van der Waals surface area contributed by atoms with Gasteiger partial charge in [0, 0.05) is 11.9 Å². The van der Waals surface area contributed by atoms with Crippen molar-refractivity contribution < 1.29 is 0 Å². The highest BCUT2D eigenvalue weighted by atomic mass is 32.2. The molecule has 6 heteroatoms. The number of hydrogen-bond acceptors (Lipinski definition) is 4. The number of nitrogens with zero attached hydrogens (tertiary/aromatic N) is 3. The van der Waals surface area contributed by atoms with Gasteiger partial charge in [-0.25, -0.2) is 0 Å². The normalized spacial score (nSPS) is 18.5. The molecule has 94 valence electrons. The molecule has 1 aliphatic carbocycles. The molecule has 1 fully saturated rings. The Balaban J connectivity index is 1.91. The number of hydrazone groups is 1. The Labute approximate surface area is 106 Å². The van der Waals surface area contributed by atoms with Crippen molar-refractivity contribution >= 4 is 16.9 Å². The van der Waals surface area contributed by atoms with Crippen LogP contribution in [0.25, 0.3) is 0 Å². The zero-order chi connectivity index (χ0) is 12.1. The topological polar surface area (TPSA) is 82.2 Å². The summed E-state index contributed by atoms with van der Waals surface area (Å²) < 4.78 is 2.10. The summed E-state index contributed by atoms with van der Waals surface area (Å²) >= 11 is 1.42. The van der Waals surface area contributed by atoms with Crippen LogP contribution in [0.4, 0.5) is 0 Å². The molecule has 0 aromatic carbocycles. The third-order valence-electron chi connectivity index (χ3n) is 3.11. The molecule has 17 heavy (non-hydrogen) atoms. The van der Waals surface area contributed by atoms with E-state index in [0.717, 1.165) is 11.4 Å². The van der Waals surface area contributed by atoms with Gasteiger partial charge in [-0.2, -0.15) is 10.2 Å². The van der Waals surface area contributed by atoms with Gasteiger partial charge < -0.3 is 11.6 Å². The quantitative estimate of drug-likeness (QED) is 0.372. The van der Waals surface area contributed by atoms with E-state index in [1.54, 1.807) is 0 Å². The minimum absolute atomic E-state index is 0.400. The van der Waals surface area contributed by atoms with E-state index in [2.05, 4.69) is 21.1 Å². The fraction of sp³-hybridized carbons (Fsp3) is 0.636. The SMILES string of the molecule is NN=C(N)SCc1ccn(C2CCCCC2)n1. The second kappa shape index (κ2) is 5.95. The molecule has 0 atom stereocenters. The molecule has 0 saturated heterocycles. The molecule has 1 aromatic heterocycles. The molecule has 5 nitrogen and oxygen atoms in total. The molecule has 4 N–H and O–H groups in total. The fourth-order valence-corrected chi connectivity index (χ4v) is 2.71. The summed E-state index contributed by atoms with van der Waals surface area (Å²) in [5.74, 6) is 5.80. The average Bonchev–Trinajstić information content (AvgIpc) is 2.86. The van der Waals surface area contributed by atoms with Crippen LogP contribution in [0, 0.1) is 0 Å². The van der Waals surface area contributed by atoms with E-state index >= 15 is 0 Å². The molecule has 0 amide bonds. The monoisotopic (exact) mass is 253 g/mol. The Kier molecular flexibility index (Phi) is 4.30. The molecule has 1 aromatic rings. The van der Waals surface area contributed by atoms with Crippen LogP contribution in [0.5, 0.6) is 0 Å². The van der Waals surface area contributed by atoms with E-state index in [4.69, 9.17) is 11.6 Å². The van der Waals surface area contributed by atoms with Gasteiger partial charge in [0.15, 0.2) is 5.17 Å². The number of rotatable bonds is 3. The van der Waals surface area contributed by atoms with E-state index in [9.17, 15) is 0 Å². The van der Waals surface area contributed by atoms with Gasteiger partial charge in [0.05, 0.1) is 11.7 Å². The first-order valence-corrected chi connectivity index (χ1v) is 6.98. The van der Waals surface area contributed by atoms with Gasteiger partial charge in [-0.3, -0.25) is 4.68 Å². The van der Waals surface area contributed by atoms with Crippen LogP contribution in [0.1, 0.15) is 43.8 Å². The van der Waals surface area contributed by atoms with Gasteiger partial charge in [-0.1, -0.05) is 31.0 Å². The zero-order valence-corrected chi connectivity index (χ0v) is 10.7. The lowest BCUT2D eigenvalue weighted by Crippen LogP contribution is -2.13. The first-order valence-electron chi connectivity index (χ1n) is 6.00. The van der Waals surface area contributed by atoms with Crippen molar-refractivity contribution in [2.24, 2.45) is 16.7 Å². The average molecular weight is 253 g/mol. The summed E-state index contributed by atoms with van der Waals surface area (Å²) in [5.41, 5.74) is 6.56. The summed E-state index contributed by atoms with van der Waals surface area (Å²) in [7, 11) is 0. The molecule has 0 bridgehead atoms. The van der Waals surface area contributed by atoms with Gasteiger partial charge in [0.25, 0.3) is 0 Å². The zero-order valence-electron chi connectivity index (χ0n) is 9.88. The highest BCUT2D eigenvalue weighted by Gasteiger charge is 2.15. The van der Waals surface area contributed by atoms with Crippen LogP contribution in [0.15, 0.2) is 17.4 Å². The first-order chi connectivity index (χ1) is 8.29.